The predicted octanol–water partition coefficient (Wildman–Crippen LogP) is 9.30. The van der Waals surface area contributed by atoms with E-state index in [-0.39, 0.29) is 40.7 Å². The van der Waals surface area contributed by atoms with E-state index in [9.17, 15) is 9.50 Å². The Morgan fingerprint density at radius 2 is 1.76 bits per heavy atom. The van der Waals surface area contributed by atoms with Crippen LogP contribution in [-0.4, -0.2) is 97.0 Å². The smallest absolute Gasteiger partial charge is 0.319 e. The van der Waals surface area contributed by atoms with Crippen LogP contribution in [0.1, 0.15) is 72.8 Å². The van der Waals surface area contributed by atoms with Gasteiger partial charge in [0.25, 0.3) is 0 Å². The van der Waals surface area contributed by atoms with Crippen molar-refractivity contribution in [3.63, 3.8) is 0 Å². The van der Waals surface area contributed by atoms with Crippen LogP contribution in [-0.2, 0) is 4.74 Å². The topological polar surface area (TPSA) is 83.8 Å². The molecule has 55 heavy (non-hydrogen) atoms. The number of pyridine rings is 1. The molecule has 0 unspecified atom stereocenters. The molecule has 0 aliphatic carbocycles. The molecule has 0 amide bonds. The van der Waals surface area contributed by atoms with Gasteiger partial charge < -0.3 is 19.5 Å². The summed E-state index contributed by atoms with van der Waals surface area (Å²) in [6.07, 6.45) is 3.81. The van der Waals surface area contributed by atoms with Gasteiger partial charge in [-0.05, 0) is 72.3 Å². The monoisotopic (exact) mass is 791 g/mol. The fraction of sp³-hybridized carbons (Fsp3) is 0.548. The second-order valence-electron chi connectivity index (χ2n) is 16.3. The largest absolute Gasteiger partial charge is 0.508 e. The van der Waals surface area contributed by atoms with E-state index in [0.717, 1.165) is 25.8 Å². The highest BCUT2D eigenvalue weighted by Crippen LogP contribution is 2.45. The van der Waals surface area contributed by atoms with Crippen LogP contribution in [0.5, 0.6) is 11.8 Å². The number of aromatic hydroxyl groups is 1. The maximum Gasteiger partial charge on any atom is 0.319 e. The third-order valence-electron chi connectivity index (χ3n) is 12.2. The molecule has 4 aromatic rings. The van der Waals surface area contributed by atoms with Crippen LogP contribution in [0.25, 0.3) is 32.9 Å². The van der Waals surface area contributed by atoms with Crippen LogP contribution in [0.3, 0.4) is 0 Å². The molecule has 0 saturated carbocycles. The summed E-state index contributed by atoms with van der Waals surface area (Å²) in [7, 11) is -2.29. The summed E-state index contributed by atoms with van der Waals surface area (Å²) in [5.41, 5.74) is 4.41. The third kappa shape index (κ3) is 7.17. The molecular weight excluding hydrogens is 740 g/mol. The summed E-state index contributed by atoms with van der Waals surface area (Å²) in [6, 6.07) is 5.90. The zero-order valence-electron chi connectivity index (χ0n) is 32.9. The number of rotatable bonds is 9. The number of phenolic OH excluding ortho intramolecular Hbond substituents is 1. The van der Waals surface area contributed by atoms with Crippen molar-refractivity contribution in [3.8, 4) is 34.5 Å². The first kappa shape index (κ1) is 39.7. The number of ether oxygens (including phenoxy) is 2. The number of thioether (sulfide) groups is 1. The summed E-state index contributed by atoms with van der Waals surface area (Å²) in [6.45, 7) is 16.8. The van der Waals surface area contributed by atoms with Gasteiger partial charge in [-0.3, -0.25) is 4.90 Å². The normalized spacial score (nSPS) is 20.8. The molecule has 3 aliphatic heterocycles. The molecule has 5 heterocycles. The van der Waals surface area contributed by atoms with Gasteiger partial charge >= 0.3 is 6.01 Å². The van der Waals surface area contributed by atoms with E-state index in [0.29, 0.717) is 82.9 Å². The first-order valence-corrected chi connectivity index (χ1v) is 23.0. The Kier molecular flexibility index (Phi) is 11.4. The Bertz CT molecular complexity index is 2130. The van der Waals surface area contributed by atoms with Gasteiger partial charge in [-0.1, -0.05) is 53.5 Å². The standard InChI is InChI=1S/C42H52F3N5O3SSi/c1-25(2)55(26(3)4,27(5)6)19-12-31-33(44)11-10-28-20-30(51)21-32(34(28)31)37-36(45)38-35(40(46-37)54-7)39(49-14-9-17-52-18-16-49)48-41(47-38)53-24-42-13-8-15-50(42)23-29(43)22-42/h10-11,20-21,25-27,29,51H,8-9,13-18,22-24H2,1-7H3/t29-,42+/m1/s1. The van der Waals surface area contributed by atoms with E-state index in [1.54, 1.807) is 12.1 Å². The van der Waals surface area contributed by atoms with Crippen molar-refractivity contribution < 1.29 is 27.8 Å². The zero-order chi connectivity index (χ0) is 39.2. The predicted molar refractivity (Wildman–Crippen MR) is 218 cm³/mol. The number of halogens is 3. The van der Waals surface area contributed by atoms with E-state index in [1.807, 2.05) is 6.26 Å². The Morgan fingerprint density at radius 1 is 1.00 bits per heavy atom. The second-order valence-corrected chi connectivity index (χ2v) is 22.7. The number of benzene rings is 2. The number of aromatic nitrogens is 3. The molecule has 0 radical (unpaired) electrons. The van der Waals surface area contributed by atoms with Gasteiger partial charge in [0.15, 0.2) is 5.82 Å². The maximum absolute atomic E-state index is 17.5. The first-order valence-electron chi connectivity index (χ1n) is 19.6. The van der Waals surface area contributed by atoms with Crippen LogP contribution >= 0.6 is 11.8 Å². The summed E-state index contributed by atoms with van der Waals surface area (Å²) in [5, 5.41) is 12.8. The fourth-order valence-electron chi connectivity index (χ4n) is 9.67. The van der Waals surface area contributed by atoms with Crippen LogP contribution < -0.4 is 9.64 Å². The summed E-state index contributed by atoms with van der Waals surface area (Å²) >= 11 is 1.33. The third-order valence-corrected chi connectivity index (χ3v) is 19.2. The lowest BCUT2D eigenvalue weighted by Gasteiger charge is -2.38. The van der Waals surface area contributed by atoms with Crippen LogP contribution in [0.15, 0.2) is 29.3 Å². The van der Waals surface area contributed by atoms with E-state index < -0.39 is 31.4 Å². The van der Waals surface area contributed by atoms with Crippen molar-refractivity contribution in [1.82, 2.24) is 19.9 Å². The Hall–Kier alpha value is -3.57. The lowest BCUT2D eigenvalue weighted by atomic mass is 9.95. The highest BCUT2D eigenvalue weighted by Gasteiger charge is 2.49. The van der Waals surface area contributed by atoms with Crippen molar-refractivity contribution in [2.75, 3.05) is 57.2 Å². The van der Waals surface area contributed by atoms with Gasteiger partial charge in [0.2, 0.25) is 0 Å². The minimum Gasteiger partial charge on any atom is -0.508 e. The molecule has 0 spiro atoms. The molecule has 3 aliphatic rings. The SMILES string of the molecule is CSc1nc(-c2cc(O)cc3ccc(F)c(C#C[Si](C(C)C)(C(C)C)C(C)C)c23)c(F)c2nc(OC[C@@]34CCCN3C[C@H](F)C4)nc(N3CCCOCC3)c12. The molecule has 2 aromatic heterocycles. The highest BCUT2D eigenvalue weighted by atomic mass is 32.2. The number of anilines is 1. The molecule has 294 valence electrons. The quantitative estimate of drug-likeness (QED) is 0.101. The fourth-order valence-corrected chi connectivity index (χ4v) is 15.4. The molecule has 1 N–H and O–H groups in total. The summed E-state index contributed by atoms with van der Waals surface area (Å²) in [4.78, 5) is 18.7. The maximum atomic E-state index is 17.5. The number of hydrogen-bond donors (Lipinski definition) is 1. The Morgan fingerprint density at radius 3 is 2.49 bits per heavy atom. The summed E-state index contributed by atoms with van der Waals surface area (Å²) in [5.74, 6) is 2.39. The van der Waals surface area contributed by atoms with E-state index in [2.05, 4.69) is 62.8 Å². The number of alkyl halides is 1. The van der Waals surface area contributed by atoms with Crippen LogP contribution in [0, 0.1) is 23.1 Å². The molecule has 3 fully saturated rings. The molecule has 2 atom stereocenters. The van der Waals surface area contributed by atoms with Gasteiger partial charge in [0.1, 0.15) is 54.5 Å². The first-order chi connectivity index (χ1) is 26.3. The van der Waals surface area contributed by atoms with Crippen molar-refractivity contribution >= 4 is 47.3 Å². The van der Waals surface area contributed by atoms with Crippen molar-refractivity contribution in [3.05, 3.63) is 41.5 Å². The minimum atomic E-state index is -2.29. The van der Waals surface area contributed by atoms with E-state index in [1.165, 1.54) is 23.9 Å². The number of hydrogen-bond acceptors (Lipinski definition) is 9. The van der Waals surface area contributed by atoms with Crippen molar-refractivity contribution in [2.24, 2.45) is 0 Å². The lowest BCUT2D eigenvalue weighted by molar-refractivity contribution is 0.107. The Labute approximate surface area is 327 Å². The van der Waals surface area contributed by atoms with Gasteiger partial charge in [-0.25, -0.2) is 18.2 Å². The van der Waals surface area contributed by atoms with Crippen molar-refractivity contribution in [1.29, 1.82) is 0 Å². The van der Waals surface area contributed by atoms with E-state index in [4.69, 9.17) is 24.4 Å². The molecule has 13 heteroatoms. The molecule has 7 rings (SSSR count). The lowest BCUT2D eigenvalue weighted by Crippen LogP contribution is -2.43. The number of fused-ring (bicyclic) bond motifs is 3. The van der Waals surface area contributed by atoms with E-state index >= 15 is 8.78 Å². The number of phenols is 1. The van der Waals surface area contributed by atoms with Crippen molar-refractivity contribution in [2.45, 2.75) is 101 Å². The molecular formula is C42H52F3N5O3SSi. The van der Waals surface area contributed by atoms with Gasteiger partial charge in [-0.15, -0.1) is 17.3 Å². The van der Waals surface area contributed by atoms with Crippen LogP contribution in [0.2, 0.25) is 16.6 Å². The summed E-state index contributed by atoms with van der Waals surface area (Å²) < 4.78 is 60.4. The molecule has 8 nitrogen and oxygen atoms in total. The van der Waals surface area contributed by atoms with Gasteiger partial charge in [0, 0.05) is 43.6 Å². The molecule has 3 saturated heterocycles. The van der Waals surface area contributed by atoms with Gasteiger partial charge in [0.05, 0.1) is 23.1 Å². The average molecular weight is 792 g/mol. The average Bonchev–Trinajstić information content (AvgIpc) is 3.52. The van der Waals surface area contributed by atoms with Crippen LogP contribution in [0.4, 0.5) is 19.0 Å². The second kappa shape index (κ2) is 15.8. The zero-order valence-corrected chi connectivity index (χ0v) is 34.8. The minimum absolute atomic E-state index is 0.00135. The highest BCUT2D eigenvalue weighted by molar-refractivity contribution is 7.98. The number of nitrogens with zero attached hydrogens (tertiary/aromatic N) is 5. The molecule has 2 aromatic carbocycles. The Balaban J connectivity index is 1.45. The molecule has 0 bridgehead atoms. The van der Waals surface area contributed by atoms with Gasteiger partial charge in [-0.2, -0.15) is 9.97 Å².